The lowest BCUT2D eigenvalue weighted by molar-refractivity contribution is -0.923. The summed E-state index contributed by atoms with van der Waals surface area (Å²) < 4.78 is 1.32. The summed E-state index contributed by atoms with van der Waals surface area (Å²) in [5.41, 5.74) is 0. The van der Waals surface area contributed by atoms with E-state index < -0.39 is 0 Å². The second-order valence-corrected chi connectivity index (χ2v) is 3.72. The van der Waals surface area contributed by atoms with Gasteiger partial charge in [-0.1, -0.05) is 20.8 Å². The predicted octanol–water partition coefficient (Wildman–Crippen LogP) is 3.69. The Morgan fingerprint density at radius 2 is 1.23 bits per heavy atom. The molecular formula is C12H30N+. The fourth-order valence-electron chi connectivity index (χ4n) is 1.84. The number of hydrogen-bond acceptors (Lipinski definition) is 0. The van der Waals surface area contributed by atoms with Crippen molar-refractivity contribution in [3.05, 3.63) is 0 Å². The van der Waals surface area contributed by atoms with Crippen LogP contribution >= 0.6 is 0 Å². The normalized spacial score (nSPS) is 11.1. The van der Waals surface area contributed by atoms with Gasteiger partial charge in [0.15, 0.2) is 0 Å². The minimum absolute atomic E-state index is 0. The molecule has 0 spiro atoms. The molecule has 0 saturated carbocycles. The van der Waals surface area contributed by atoms with E-state index >= 15 is 0 Å². The van der Waals surface area contributed by atoms with Gasteiger partial charge in [-0.15, -0.1) is 0 Å². The molecule has 0 fully saturated rings. The molecule has 82 valence electrons. The van der Waals surface area contributed by atoms with E-state index in [1.807, 2.05) is 0 Å². The van der Waals surface area contributed by atoms with E-state index in [0.717, 1.165) is 0 Å². The highest BCUT2D eigenvalue weighted by atomic mass is 15.3. The van der Waals surface area contributed by atoms with Crippen LogP contribution in [-0.2, 0) is 0 Å². The van der Waals surface area contributed by atoms with Crippen molar-refractivity contribution in [3.63, 3.8) is 0 Å². The molecule has 0 radical (unpaired) electrons. The lowest BCUT2D eigenvalue weighted by atomic mass is 10.2. The number of unbranched alkanes of at least 4 members (excludes halogenated alkanes) is 2. The molecule has 1 heteroatoms. The van der Waals surface area contributed by atoms with E-state index in [9.17, 15) is 0 Å². The first-order valence-corrected chi connectivity index (χ1v) is 5.59. The van der Waals surface area contributed by atoms with Crippen LogP contribution in [0.5, 0.6) is 0 Å². The van der Waals surface area contributed by atoms with Crippen molar-refractivity contribution in [1.29, 1.82) is 0 Å². The largest absolute Gasteiger partial charge is 0.324 e. The molecule has 0 N–H and O–H groups in total. The Morgan fingerprint density at radius 3 is 1.54 bits per heavy atom. The maximum Gasteiger partial charge on any atom is 0.0786 e. The van der Waals surface area contributed by atoms with Crippen molar-refractivity contribution in [2.75, 3.05) is 26.2 Å². The van der Waals surface area contributed by atoms with Gasteiger partial charge in [0.1, 0.15) is 0 Å². The van der Waals surface area contributed by atoms with Gasteiger partial charge in [0.25, 0.3) is 0 Å². The molecule has 0 aliphatic carbocycles. The molecule has 0 aromatic rings. The summed E-state index contributed by atoms with van der Waals surface area (Å²) in [5, 5.41) is 0. The van der Waals surface area contributed by atoms with E-state index in [-0.39, 0.29) is 7.43 Å². The minimum atomic E-state index is 0. The van der Waals surface area contributed by atoms with Crippen molar-refractivity contribution in [2.24, 2.45) is 0 Å². The second kappa shape index (κ2) is 8.55. The quantitative estimate of drug-likeness (QED) is 0.422. The van der Waals surface area contributed by atoms with E-state index in [0.29, 0.717) is 0 Å². The maximum atomic E-state index is 2.32. The highest BCUT2D eigenvalue weighted by Crippen LogP contribution is 2.09. The van der Waals surface area contributed by atoms with E-state index in [2.05, 4.69) is 27.7 Å². The van der Waals surface area contributed by atoms with E-state index in [1.165, 1.54) is 49.9 Å². The predicted molar refractivity (Wildman–Crippen MR) is 63.0 cm³/mol. The fraction of sp³-hybridized carbons (Fsp3) is 1.00. The zero-order valence-corrected chi connectivity index (χ0v) is 9.40. The molecular weight excluding hydrogens is 158 g/mol. The monoisotopic (exact) mass is 188 g/mol. The lowest BCUT2D eigenvalue weighted by Gasteiger charge is -2.35. The van der Waals surface area contributed by atoms with Crippen LogP contribution in [0.15, 0.2) is 0 Å². The van der Waals surface area contributed by atoms with Gasteiger partial charge in [0.05, 0.1) is 26.2 Å². The first-order valence-electron chi connectivity index (χ1n) is 5.59. The number of hydrogen-bond donors (Lipinski definition) is 0. The maximum absolute atomic E-state index is 2.32. The molecule has 13 heavy (non-hydrogen) atoms. The van der Waals surface area contributed by atoms with Gasteiger partial charge in [0, 0.05) is 0 Å². The van der Waals surface area contributed by atoms with Crippen molar-refractivity contribution < 1.29 is 4.48 Å². The average molecular weight is 188 g/mol. The van der Waals surface area contributed by atoms with Crippen LogP contribution in [0.3, 0.4) is 0 Å². The van der Waals surface area contributed by atoms with Gasteiger partial charge >= 0.3 is 0 Å². The number of rotatable bonds is 7. The van der Waals surface area contributed by atoms with Crippen molar-refractivity contribution in [2.45, 2.75) is 54.4 Å². The molecule has 0 aromatic heterocycles. The minimum Gasteiger partial charge on any atom is -0.324 e. The van der Waals surface area contributed by atoms with Gasteiger partial charge in [-0.05, 0) is 33.6 Å². The van der Waals surface area contributed by atoms with Gasteiger partial charge in [0.2, 0.25) is 0 Å². The van der Waals surface area contributed by atoms with E-state index in [4.69, 9.17) is 0 Å². The van der Waals surface area contributed by atoms with Crippen LogP contribution in [-0.4, -0.2) is 30.7 Å². The van der Waals surface area contributed by atoms with Crippen LogP contribution in [0.25, 0.3) is 0 Å². The molecule has 0 aliphatic rings. The second-order valence-electron chi connectivity index (χ2n) is 3.72. The van der Waals surface area contributed by atoms with Gasteiger partial charge < -0.3 is 4.48 Å². The Hall–Kier alpha value is -0.0400. The zero-order chi connectivity index (χ0) is 9.45. The van der Waals surface area contributed by atoms with Crippen LogP contribution in [0.4, 0.5) is 0 Å². The first kappa shape index (κ1) is 15.4. The van der Waals surface area contributed by atoms with Gasteiger partial charge in [-0.2, -0.15) is 0 Å². The molecule has 0 atom stereocenters. The topological polar surface area (TPSA) is 0 Å². The molecule has 0 unspecified atom stereocenters. The Morgan fingerprint density at radius 1 is 0.769 bits per heavy atom. The number of quaternary nitrogens is 1. The molecule has 0 bridgehead atoms. The summed E-state index contributed by atoms with van der Waals surface area (Å²) in [4.78, 5) is 0. The summed E-state index contributed by atoms with van der Waals surface area (Å²) in [6.07, 6.45) is 4.16. The Bertz CT molecular complexity index is 87.0. The van der Waals surface area contributed by atoms with Crippen molar-refractivity contribution in [1.82, 2.24) is 0 Å². The Labute approximate surface area is 85.7 Å². The Balaban J connectivity index is 0. The summed E-state index contributed by atoms with van der Waals surface area (Å²) in [6.45, 7) is 14.5. The van der Waals surface area contributed by atoms with Crippen LogP contribution in [0, 0.1) is 0 Å². The van der Waals surface area contributed by atoms with Gasteiger partial charge in [-0.3, -0.25) is 0 Å². The molecule has 0 saturated heterocycles. The van der Waals surface area contributed by atoms with Gasteiger partial charge in [-0.25, -0.2) is 0 Å². The summed E-state index contributed by atoms with van der Waals surface area (Å²) in [7, 11) is 0. The van der Waals surface area contributed by atoms with Crippen molar-refractivity contribution in [3.8, 4) is 0 Å². The molecule has 0 aliphatic heterocycles. The highest BCUT2D eigenvalue weighted by Gasteiger charge is 2.18. The lowest BCUT2D eigenvalue weighted by Crippen LogP contribution is -2.48. The van der Waals surface area contributed by atoms with Crippen LogP contribution in [0.2, 0.25) is 0 Å². The number of nitrogens with zero attached hydrogens (tertiary/aromatic N) is 1. The Kier molecular flexibility index (Phi) is 10.2. The fourth-order valence-corrected chi connectivity index (χ4v) is 1.84. The standard InChI is InChI=1S/C11H26N.CH4/c1-5-9-10-11-12(6-2,7-3)8-4;/h5-11H2,1-4H3;1H4/q+1;. The SMILES string of the molecule is C.CCCCC[N+](CC)(CC)CC. The average Bonchev–Trinajstić information content (AvgIpc) is 2.14. The first-order chi connectivity index (χ1) is 5.74. The van der Waals surface area contributed by atoms with Crippen LogP contribution in [0.1, 0.15) is 54.4 Å². The molecule has 0 aromatic carbocycles. The molecule has 1 nitrogen and oxygen atoms in total. The third kappa shape index (κ3) is 5.30. The third-order valence-corrected chi connectivity index (χ3v) is 3.25. The summed E-state index contributed by atoms with van der Waals surface area (Å²) in [6, 6.07) is 0. The van der Waals surface area contributed by atoms with Crippen LogP contribution < -0.4 is 0 Å². The molecule has 0 amide bonds. The highest BCUT2D eigenvalue weighted by molar-refractivity contribution is 4.41. The molecule has 0 rings (SSSR count). The van der Waals surface area contributed by atoms with E-state index in [1.54, 1.807) is 0 Å². The zero-order valence-electron chi connectivity index (χ0n) is 9.40. The summed E-state index contributed by atoms with van der Waals surface area (Å²) >= 11 is 0. The smallest absolute Gasteiger partial charge is 0.0786 e. The third-order valence-electron chi connectivity index (χ3n) is 3.25. The van der Waals surface area contributed by atoms with Crippen molar-refractivity contribution >= 4 is 0 Å². The summed E-state index contributed by atoms with van der Waals surface area (Å²) in [5.74, 6) is 0. The molecule has 0 heterocycles.